The molecule has 2 N–H and O–H groups in total. The molecule has 126 valence electrons. The van der Waals surface area contributed by atoms with Gasteiger partial charge in [-0.15, -0.1) is 11.3 Å². The summed E-state index contributed by atoms with van der Waals surface area (Å²) in [6.45, 7) is 2.58. The number of aromatic nitrogens is 1. The molecule has 2 aliphatic carbocycles. The van der Waals surface area contributed by atoms with E-state index in [1.807, 2.05) is 6.92 Å². The van der Waals surface area contributed by atoms with Crippen molar-refractivity contribution in [2.24, 2.45) is 5.92 Å². The smallest absolute Gasteiger partial charge is 0.223 e. The zero-order valence-electron chi connectivity index (χ0n) is 13.7. The third-order valence-corrected chi connectivity index (χ3v) is 5.86. The van der Waals surface area contributed by atoms with Crippen LogP contribution in [0.4, 0.5) is 0 Å². The van der Waals surface area contributed by atoms with Gasteiger partial charge in [0.1, 0.15) is 5.01 Å². The molecule has 2 aliphatic rings. The van der Waals surface area contributed by atoms with Gasteiger partial charge in [-0.1, -0.05) is 12.8 Å². The average molecular weight is 335 g/mol. The molecule has 2 amide bonds. The zero-order valence-corrected chi connectivity index (χ0v) is 14.5. The minimum absolute atomic E-state index is 0.0698. The van der Waals surface area contributed by atoms with Crippen molar-refractivity contribution in [2.45, 2.75) is 63.8 Å². The maximum Gasteiger partial charge on any atom is 0.223 e. The lowest BCUT2D eigenvalue weighted by atomic mass is 9.98. The van der Waals surface area contributed by atoms with Crippen LogP contribution in [0.2, 0.25) is 0 Å². The Morgan fingerprint density at radius 2 is 2.09 bits per heavy atom. The van der Waals surface area contributed by atoms with Crippen LogP contribution in [0, 0.1) is 12.8 Å². The Balaban J connectivity index is 1.47. The van der Waals surface area contributed by atoms with E-state index in [1.54, 1.807) is 11.3 Å². The first-order chi connectivity index (χ1) is 11.1. The van der Waals surface area contributed by atoms with Gasteiger partial charge in [0.2, 0.25) is 11.8 Å². The molecule has 0 aliphatic heterocycles. The SMILES string of the molecule is Cc1csc(C2(NC(=O)CCCNC(=O)C3CC3)CCCC2)n1. The molecule has 0 radical (unpaired) electrons. The predicted octanol–water partition coefficient (Wildman–Crippen LogP) is 2.64. The van der Waals surface area contributed by atoms with Crippen molar-refractivity contribution in [1.29, 1.82) is 0 Å². The normalized spacial score (nSPS) is 19.5. The molecule has 3 rings (SSSR count). The molecule has 2 saturated carbocycles. The van der Waals surface area contributed by atoms with Gasteiger partial charge in [-0.3, -0.25) is 9.59 Å². The first kappa shape index (κ1) is 16.4. The Hall–Kier alpha value is -1.43. The fourth-order valence-electron chi connectivity index (χ4n) is 3.22. The van der Waals surface area contributed by atoms with Gasteiger partial charge >= 0.3 is 0 Å². The van der Waals surface area contributed by atoms with Crippen molar-refractivity contribution >= 4 is 23.2 Å². The summed E-state index contributed by atoms with van der Waals surface area (Å²) < 4.78 is 0. The Labute approximate surface area is 141 Å². The van der Waals surface area contributed by atoms with Crippen molar-refractivity contribution in [2.75, 3.05) is 6.54 Å². The average Bonchev–Trinajstić information content (AvgIpc) is 3.12. The second-order valence-corrected chi connectivity index (χ2v) is 7.66. The van der Waals surface area contributed by atoms with Crippen molar-refractivity contribution < 1.29 is 9.59 Å². The number of thiazole rings is 1. The number of nitrogens with zero attached hydrogens (tertiary/aromatic N) is 1. The molecule has 5 nitrogen and oxygen atoms in total. The molecule has 0 spiro atoms. The third-order valence-electron chi connectivity index (χ3n) is 4.69. The lowest BCUT2D eigenvalue weighted by Gasteiger charge is -2.28. The van der Waals surface area contributed by atoms with Crippen LogP contribution in [-0.4, -0.2) is 23.3 Å². The van der Waals surface area contributed by atoms with E-state index in [4.69, 9.17) is 0 Å². The second-order valence-electron chi connectivity index (χ2n) is 6.80. The molecule has 0 bridgehead atoms. The van der Waals surface area contributed by atoms with Gasteiger partial charge in [-0.25, -0.2) is 4.98 Å². The van der Waals surface area contributed by atoms with E-state index < -0.39 is 0 Å². The molecular formula is C17H25N3O2S. The van der Waals surface area contributed by atoms with E-state index in [2.05, 4.69) is 21.0 Å². The van der Waals surface area contributed by atoms with E-state index in [0.29, 0.717) is 19.4 Å². The van der Waals surface area contributed by atoms with Gasteiger partial charge in [0.25, 0.3) is 0 Å². The van der Waals surface area contributed by atoms with Crippen LogP contribution in [0.3, 0.4) is 0 Å². The summed E-state index contributed by atoms with van der Waals surface area (Å²) in [6, 6.07) is 0. The summed E-state index contributed by atoms with van der Waals surface area (Å²) in [5.74, 6) is 0.454. The summed E-state index contributed by atoms with van der Waals surface area (Å²) in [5, 5.41) is 9.25. The van der Waals surface area contributed by atoms with Crippen LogP contribution in [-0.2, 0) is 15.1 Å². The molecule has 0 atom stereocenters. The van der Waals surface area contributed by atoms with Crippen LogP contribution in [0.1, 0.15) is 62.1 Å². The topological polar surface area (TPSA) is 71.1 Å². The highest BCUT2D eigenvalue weighted by Crippen LogP contribution is 2.40. The van der Waals surface area contributed by atoms with Gasteiger partial charge in [0.05, 0.1) is 5.54 Å². The van der Waals surface area contributed by atoms with Crippen molar-refractivity contribution in [3.8, 4) is 0 Å². The number of hydrogen-bond acceptors (Lipinski definition) is 4. The maximum absolute atomic E-state index is 12.3. The fraction of sp³-hybridized carbons (Fsp3) is 0.706. The highest BCUT2D eigenvalue weighted by Gasteiger charge is 2.39. The minimum atomic E-state index is -0.257. The van der Waals surface area contributed by atoms with Crippen molar-refractivity contribution in [1.82, 2.24) is 15.6 Å². The first-order valence-electron chi connectivity index (χ1n) is 8.60. The number of nitrogens with one attached hydrogen (secondary N) is 2. The molecule has 0 aromatic carbocycles. The van der Waals surface area contributed by atoms with Crippen LogP contribution in [0.5, 0.6) is 0 Å². The Morgan fingerprint density at radius 1 is 1.35 bits per heavy atom. The number of hydrogen-bond donors (Lipinski definition) is 2. The van der Waals surface area contributed by atoms with Crippen molar-refractivity contribution in [3.05, 3.63) is 16.1 Å². The van der Waals surface area contributed by atoms with E-state index in [0.717, 1.165) is 49.2 Å². The quantitative estimate of drug-likeness (QED) is 0.753. The minimum Gasteiger partial charge on any atom is -0.356 e. The first-order valence-corrected chi connectivity index (χ1v) is 9.48. The van der Waals surface area contributed by atoms with Gasteiger partial charge in [0, 0.05) is 30.0 Å². The molecule has 0 saturated heterocycles. The summed E-state index contributed by atoms with van der Waals surface area (Å²) in [7, 11) is 0. The summed E-state index contributed by atoms with van der Waals surface area (Å²) in [4.78, 5) is 28.5. The number of amides is 2. The number of carbonyl (C=O) groups is 2. The van der Waals surface area contributed by atoms with E-state index in [1.165, 1.54) is 0 Å². The predicted molar refractivity (Wildman–Crippen MR) is 90.1 cm³/mol. The molecule has 0 unspecified atom stereocenters. The molecule has 1 aromatic heterocycles. The summed E-state index contributed by atoms with van der Waals surface area (Å²) >= 11 is 1.65. The standard InChI is InChI=1S/C17H25N3O2S/c1-12-11-23-16(19-12)17(8-2-3-9-17)20-14(21)5-4-10-18-15(22)13-6-7-13/h11,13H,2-10H2,1H3,(H,18,22)(H,20,21). The molecular weight excluding hydrogens is 310 g/mol. The summed E-state index contributed by atoms with van der Waals surface area (Å²) in [5.41, 5.74) is 0.765. The zero-order chi connectivity index (χ0) is 16.3. The van der Waals surface area contributed by atoms with Crippen molar-refractivity contribution in [3.63, 3.8) is 0 Å². The number of aryl methyl sites for hydroxylation is 1. The molecule has 1 heterocycles. The molecule has 6 heteroatoms. The lowest BCUT2D eigenvalue weighted by Crippen LogP contribution is -2.44. The van der Waals surface area contributed by atoms with E-state index in [-0.39, 0.29) is 23.3 Å². The monoisotopic (exact) mass is 335 g/mol. The van der Waals surface area contributed by atoms with Gasteiger partial charge < -0.3 is 10.6 Å². The Kier molecular flexibility index (Phi) is 4.99. The molecule has 23 heavy (non-hydrogen) atoms. The highest BCUT2D eigenvalue weighted by atomic mass is 32.1. The Bertz CT molecular complexity index is 574. The van der Waals surface area contributed by atoms with Gasteiger partial charge in [0.15, 0.2) is 0 Å². The van der Waals surface area contributed by atoms with E-state index in [9.17, 15) is 9.59 Å². The van der Waals surface area contributed by atoms with Crippen LogP contribution < -0.4 is 10.6 Å². The fourth-order valence-corrected chi connectivity index (χ4v) is 4.24. The van der Waals surface area contributed by atoms with Gasteiger partial charge in [-0.2, -0.15) is 0 Å². The maximum atomic E-state index is 12.3. The Morgan fingerprint density at radius 3 is 2.70 bits per heavy atom. The van der Waals surface area contributed by atoms with Crippen LogP contribution in [0.25, 0.3) is 0 Å². The largest absolute Gasteiger partial charge is 0.356 e. The molecule has 2 fully saturated rings. The highest BCUT2D eigenvalue weighted by molar-refractivity contribution is 7.09. The van der Waals surface area contributed by atoms with Crippen LogP contribution in [0.15, 0.2) is 5.38 Å². The lowest BCUT2D eigenvalue weighted by molar-refractivity contribution is -0.124. The molecule has 1 aromatic rings. The summed E-state index contributed by atoms with van der Waals surface area (Å²) in [6.07, 6.45) is 7.40. The van der Waals surface area contributed by atoms with Gasteiger partial charge in [-0.05, 0) is 39.0 Å². The van der Waals surface area contributed by atoms with Crippen LogP contribution >= 0.6 is 11.3 Å². The number of rotatable bonds is 7. The third kappa shape index (κ3) is 4.10. The van der Waals surface area contributed by atoms with E-state index >= 15 is 0 Å². The number of carbonyl (C=O) groups excluding carboxylic acids is 2. The second kappa shape index (κ2) is 6.99.